The average Bonchev–Trinajstić information content (AvgIpc) is 2.24. The third-order valence-electron chi connectivity index (χ3n) is 2.08. The topological polar surface area (TPSA) is 48.1 Å². The molecule has 1 heterocycles. The monoisotopic (exact) mass is 278 g/mol. The van der Waals surface area contributed by atoms with Gasteiger partial charge in [0.1, 0.15) is 5.75 Å². The van der Waals surface area contributed by atoms with E-state index >= 15 is 0 Å². The van der Waals surface area contributed by atoms with Gasteiger partial charge >= 0.3 is 0 Å². The normalized spacial score (nSPS) is 10.1. The highest BCUT2D eigenvalue weighted by atomic mass is 79.9. The van der Waals surface area contributed by atoms with Crippen molar-refractivity contribution >= 4 is 21.6 Å². The number of pyridine rings is 1. The fraction of sp³-hybridized carbons (Fsp3) is 0.0833. The summed E-state index contributed by atoms with van der Waals surface area (Å²) >= 11 is 3.33. The van der Waals surface area contributed by atoms with Gasteiger partial charge in [-0.05, 0) is 46.6 Å². The van der Waals surface area contributed by atoms with Crippen molar-refractivity contribution in [2.45, 2.75) is 6.92 Å². The van der Waals surface area contributed by atoms with Crippen molar-refractivity contribution in [3.63, 3.8) is 0 Å². The van der Waals surface area contributed by atoms with Crippen LogP contribution in [0.25, 0.3) is 0 Å². The zero-order valence-corrected chi connectivity index (χ0v) is 10.4. The van der Waals surface area contributed by atoms with Crippen LogP contribution in [-0.2, 0) is 0 Å². The molecule has 0 aliphatic carbocycles. The van der Waals surface area contributed by atoms with Crippen LogP contribution in [0.15, 0.2) is 41.1 Å². The van der Waals surface area contributed by atoms with E-state index in [9.17, 15) is 0 Å². The van der Waals surface area contributed by atoms with Gasteiger partial charge in [-0.1, -0.05) is 6.07 Å². The molecule has 0 aliphatic heterocycles. The number of nitrogens with zero attached hydrogens (tertiary/aromatic N) is 1. The van der Waals surface area contributed by atoms with E-state index in [4.69, 9.17) is 10.5 Å². The molecule has 0 atom stereocenters. The first-order valence-corrected chi connectivity index (χ1v) is 5.59. The first kappa shape index (κ1) is 11.0. The molecule has 0 saturated carbocycles. The molecule has 1 aromatic heterocycles. The van der Waals surface area contributed by atoms with E-state index in [1.54, 1.807) is 12.4 Å². The lowest BCUT2D eigenvalue weighted by Gasteiger charge is -2.08. The number of nitrogens with two attached hydrogens (primary N) is 1. The number of ether oxygens (including phenoxy) is 1. The van der Waals surface area contributed by atoms with Crippen LogP contribution < -0.4 is 10.5 Å². The summed E-state index contributed by atoms with van der Waals surface area (Å²) in [5.41, 5.74) is 7.54. The third-order valence-corrected chi connectivity index (χ3v) is 2.51. The molecule has 82 valence electrons. The minimum absolute atomic E-state index is 0.616. The smallest absolute Gasteiger partial charge is 0.150 e. The molecule has 0 spiro atoms. The Hall–Kier alpha value is -1.55. The molecule has 4 heteroatoms. The summed E-state index contributed by atoms with van der Waals surface area (Å²) < 4.78 is 6.52. The summed E-state index contributed by atoms with van der Waals surface area (Å²) in [6.45, 7) is 1.99. The van der Waals surface area contributed by atoms with Gasteiger partial charge in [-0.2, -0.15) is 0 Å². The van der Waals surface area contributed by atoms with Gasteiger partial charge in [-0.3, -0.25) is 4.98 Å². The Morgan fingerprint density at radius 2 is 2.06 bits per heavy atom. The molecular weight excluding hydrogens is 268 g/mol. The lowest BCUT2D eigenvalue weighted by molar-refractivity contribution is 0.482. The van der Waals surface area contributed by atoms with Crippen LogP contribution in [0.5, 0.6) is 11.5 Å². The molecule has 0 radical (unpaired) electrons. The van der Waals surface area contributed by atoms with Crippen molar-refractivity contribution in [1.29, 1.82) is 0 Å². The SMILES string of the molecule is Cc1ccc(N)c(Oc2cncc(Br)c2)c1. The number of anilines is 1. The minimum Gasteiger partial charge on any atom is -0.454 e. The van der Waals surface area contributed by atoms with Crippen LogP contribution in [0.1, 0.15) is 5.56 Å². The van der Waals surface area contributed by atoms with Gasteiger partial charge in [0.05, 0.1) is 11.9 Å². The second kappa shape index (κ2) is 4.53. The third kappa shape index (κ3) is 2.52. The van der Waals surface area contributed by atoms with Gasteiger partial charge in [0.15, 0.2) is 5.75 Å². The summed E-state index contributed by atoms with van der Waals surface area (Å²) in [6, 6.07) is 7.52. The molecule has 0 fully saturated rings. The lowest BCUT2D eigenvalue weighted by atomic mass is 10.2. The Morgan fingerprint density at radius 3 is 2.81 bits per heavy atom. The quantitative estimate of drug-likeness (QED) is 0.855. The zero-order valence-electron chi connectivity index (χ0n) is 8.77. The molecule has 0 saturated heterocycles. The number of hydrogen-bond donors (Lipinski definition) is 1. The van der Waals surface area contributed by atoms with E-state index in [0.717, 1.165) is 10.0 Å². The Labute approximate surface area is 102 Å². The summed E-state index contributed by atoms with van der Waals surface area (Å²) in [7, 11) is 0. The van der Waals surface area contributed by atoms with E-state index in [1.165, 1.54) is 0 Å². The second-order valence-corrected chi connectivity index (χ2v) is 4.40. The fourth-order valence-electron chi connectivity index (χ4n) is 1.31. The van der Waals surface area contributed by atoms with Crippen LogP contribution in [0.3, 0.4) is 0 Å². The van der Waals surface area contributed by atoms with Gasteiger partial charge in [0.2, 0.25) is 0 Å². The highest BCUT2D eigenvalue weighted by molar-refractivity contribution is 9.10. The van der Waals surface area contributed by atoms with E-state index in [-0.39, 0.29) is 0 Å². The summed E-state index contributed by atoms with van der Waals surface area (Å²) in [5.74, 6) is 1.31. The Morgan fingerprint density at radius 1 is 1.25 bits per heavy atom. The predicted molar refractivity (Wildman–Crippen MR) is 67.6 cm³/mol. The van der Waals surface area contributed by atoms with Gasteiger partial charge in [-0.15, -0.1) is 0 Å². The first-order chi connectivity index (χ1) is 7.65. The summed E-state index contributed by atoms with van der Waals surface area (Å²) in [5, 5.41) is 0. The molecule has 0 unspecified atom stereocenters. The Bertz CT molecular complexity index is 514. The summed E-state index contributed by atoms with van der Waals surface area (Å²) in [6.07, 6.45) is 3.35. The maximum Gasteiger partial charge on any atom is 0.150 e. The van der Waals surface area contributed by atoms with Crippen molar-refractivity contribution in [2.24, 2.45) is 0 Å². The predicted octanol–water partition coefficient (Wildman–Crippen LogP) is 3.53. The van der Waals surface area contributed by atoms with Gasteiger partial charge in [-0.25, -0.2) is 0 Å². The van der Waals surface area contributed by atoms with Crippen molar-refractivity contribution in [1.82, 2.24) is 4.98 Å². The van der Waals surface area contributed by atoms with Gasteiger partial charge in [0.25, 0.3) is 0 Å². The summed E-state index contributed by atoms with van der Waals surface area (Å²) in [4.78, 5) is 4.02. The zero-order chi connectivity index (χ0) is 11.5. The molecule has 1 aromatic carbocycles. The van der Waals surface area contributed by atoms with E-state index < -0.39 is 0 Å². The largest absolute Gasteiger partial charge is 0.454 e. The van der Waals surface area contributed by atoms with E-state index in [2.05, 4.69) is 20.9 Å². The molecule has 16 heavy (non-hydrogen) atoms. The van der Waals surface area contributed by atoms with Crippen molar-refractivity contribution in [2.75, 3.05) is 5.73 Å². The fourth-order valence-corrected chi connectivity index (χ4v) is 1.65. The highest BCUT2D eigenvalue weighted by Crippen LogP contribution is 2.28. The van der Waals surface area contributed by atoms with E-state index in [0.29, 0.717) is 17.2 Å². The number of aromatic nitrogens is 1. The maximum absolute atomic E-state index is 5.82. The van der Waals surface area contributed by atoms with Crippen LogP contribution in [0, 0.1) is 6.92 Å². The number of aryl methyl sites for hydroxylation is 1. The average molecular weight is 279 g/mol. The number of benzene rings is 1. The van der Waals surface area contributed by atoms with Gasteiger partial charge in [0, 0.05) is 10.7 Å². The molecule has 3 nitrogen and oxygen atoms in total. The van der Waals surface area contributed by atoms with Crippen LogP contribution in [0.2, 0.25) is 0 Å². The Balaban J connectivity index is 2.30. The van der Waals surface area contributed by atoms with Crippen LogP contribution >= 0.6 is 15.9 Å². The number of rotatable bonds is 2. The Kier molecular flexibility index (Phi) is 3.10. The molecule has 0 bridgehead atoms. The number of hydrogen-bond acceptors (Lipinski definition) is 3. The van der Waals surface area contributed by atoms with Crippen molar-refractivity contribution in [3.8, 4) is 11.5 Å². The second-order valence-electron chi connectivity index (χ2n) is 3.48. The van der Waals surface area contributed by atoms with Crippen LogP contribution in [0.4, 0.5) is 5.69 Å². The molecule has 2 N–H and O–H groups in total. The molecule has 0 aliphatic rings. The van der Waals surface area contributed by atoms with Gasteiger partial charge < -0.3 is 10.5 Å². The standard InChI is InChI=1S/C12H11BrN2O/c1-8-2-3-11(14)12(4-8)16-10-5-9(13)6-15-7-10/h2-7H,14H2,1H3. The van der Waals surface area contributed by atoms with Crippen molar-refractivity contribution in [3.05, 3.63) is 46.7 Å². The highest BCUT2D eigenvalue weighted by Gasteiger charge is 2.03. The molecule has 2 aromatic rings. The molecule has 2 rings (SSSR count). The number of halogens is 1. The first-order valence-electron chi connectivity index (χ1n) is 4.80. The maximum atomic E-state index is 5.82. The minimum atomic E-state index is 0.616. The lowest BCUT2D eigenvalue weighted by Crippen LogP contribution is -1.93. The molecule has 0 amide bonds. The number of nitrogen functional groups attached to an aromatic ring is 1. The molecular formula is C12H11BrN2O. The van der Waals surface area contributed by atoms with Crippen molar-refractivity contribution < 1.29 is 4.74 Å². The van der Waals surface area contributed by atoms with Crippen LogP contribution in [-0.4, -0.2) is 4.98 Å². The van der Waals surface area contributed by atoms with E-state index in [1.807, 2.05) is 31.2 Å².